The van der Waals surface area contributed by atoms with E-state index in [4.69, 9.17) is 18.8 Å². The molecule has 4 nitrogen and oxygen atoms in total. The standard InChI is InChI=1S/C30H44BFO4Si/c1-20(2)37(21(3)4,22(5)6)15-14-25-27(32)13-12-23-16-24(34-19-33-11)17-26(28(23)25)31-35-18-29(7,8)30(9,10)36-31/h12-13,16-17,20-22H,18-19H2,1-11H3. The van der Waals surface area contributed by atoms with E-state index in [1.807, 2.05) is 12.1 Å². The maximum absolute atomic E-state index is 15.6. The van der Waals surface area contributed by atoms with Gasteiger partial charge in [-0.2, -0.15) is 0 Å². The first kappa shape index (κ1) is 29.7. The summed E-state index contributed by atoms with van der Waals surface area (Å²) in [5.74, 6) is 3.66. The molecule has 1 heterocycles. The van der Waals surface area contributed by atoms with Crippen LogP contribution in [0, 0.1) is 22.7 Å². The topological polar surface area (TPSA) is 36.9 Å². The first-order chi connectivity index (χ1) is 17.2. The van der Waals surface area contributed by atoms with Gasteiger partial charge in [-0.1, -0.05) is 67.4 Å². The molecule has 1 aliphatic heterocycles. The number of methoxy groups -OCH3 is 1. The number of ether oxygens (including phenoxy) is 2. The third kappa shape index (κ3) is 5.64. The van der Waals surface area contributed by atoms with Gasteiger partial charge in [0, 0.05) is 24.5 Å². The Morgan fingerprint density at radius 3 is 2.19 bits per heavy atom. The van der Waals surface area contributed by atoms with E-state index in [1.54, 1.807) is 13.2 Å². The van der Waals surface area contributed by atoms with Crippen molar-refractivity contribution in [2.75, 3.05) is 20.5 Å². The third-order valence-electron chi connectivity index (χ3n) is 8.57. The molecule has 202 valence electrons. The monoisotopic (exact) mass is 526 g/mol. The molecule has 2 aromatic carbocycles. The van der Waals surface area contributed by atoms with Crippen LogP contribution in [0.1, 0.15) is 74.8 Å². The minimum absolute atomic E-state index is 0.106. The quantitative estimate of drug-likeness (QED) is 0.220. The van der Waals surface area contributed by atoms with Gasteiger partial charge in [0.25, 0.3) is 0 Å². The third-order valence-corrected chi connectivity index (χ3v) is 14.9. The van der Waals surface area contributed by atoms with Gasteiger partial charge in [-0.05, 0) is 59.5 Å². The van der Waals surface area contributed by atoms with Gasteiger partial charge in [-0.3, -0.25) is 0 Å². The van der Waals surface area contributed by atoms with Crippen LogP contribution in [0.3, 0.4) is 0 Å². The molecule has 3 rings (SSSR count). The number of rotatable bonds is 7. The highest BCUT2D eigenvalue weighted by atomic mass is 28.3. The van der Waals surface area contributed by atoms with Crippen molar-refractivity contribution >= 4 is 31.4 Å². The number of hydrogen-bond donors (Lipinski definition) is 0. The Morgan fingerprint density at radius 1 is 1.03 bits per heavy atom. The molecule has 0 atom stereocenters. The Balaban J connectivity index is 2.30. The summed E-state index contributed by atoms with van der Waals surface area (Å²) in [4.78, 5) is 0. The second-order valence-electron chi connectivity index (χ2n) is 12.4. The summed E-state index contributed by atoms with van der Waals surface area (Å²) in [6, 6.07) is 7.05. The Bertz CT molecular complexity index is 1160. The fraction of sp³-hybridized carbons (Fsp3) is 0.600. The van der Waals surface area contributed by atoms with Gasteiger partial charge in [-0.15, -0.1) is 5.54 Å². The van der Waals surface area contributed by atoms with Gasteiger partial charge in [-0.25, -0.2) is 4.39 Å². The summed E-state index contributed by atoms with van der Waals surface area (Å²) in [5.41, 5.74) is 5.52. The molecule has 1 saturated heterocycles. The molecule has 0 saturated carbocycles. The predicted octanol–water partition coefficient (Wildman–Crippen LogP) is 7.08. The lowest BCUT2D eigenvalue weighted by Gasteiger charge is -2.47. The molecule has 7 heteroatoms. The molecule has 1 aliphatic rings. The van der Waals surface area contributed by atoms with E-state index in [0.717, 1.165) is 16.2 Å². The first-order valence-corrected chi connectivity index (χ1v) is 15.6. The van der Waals surface area contributed by atoms with Crippen LogP contribution >= 0.6 is 0 Å². The highest BCUT2D eigenvalue weighted by molar-refractivity contribution is 6.90. The van der Waals surface area contributed by atoms with E-state index in [1.165, 1.54) is 6.07 Å². The van der Waals surface area contributed by atoms with E-state index in [2.05, 4.69) is 80.7 Å². The van der Waals surface area contributed by atoms with Crippen molar-refractivity contribution in [2.45, 2.75) is 91.5 Å². The lowest BCUT2D eigenvalue weighted by molar-refractivity contribution is -0.0936. The number of benzene rings is 2. The lowest BCUT2D eigenvalue weighted by atomic mass is 9.67. The molecule has 0 aliphatic carbocycles. The number of hydrogen-bond acceptors (Lipinski definition) is 4. The maximum atomic E-state index is 15.6. The normalized spacial score (nSPS) is 17.4. The van der Waals surface area contributed by atoms with E-state index in [0.29, 0.717) is 34.5 Å². The van der Waals surface area contributed by atoms with Crippen molar-refractivity contribution in [1.82, 2.24) is 0 Å². The molecule has 0 bridgehead atoms. The molecule has 2 aromatic rings. The smallest absolute Gasteiger partial charge is 0.468 e. The summed E-state index contributed by atoms with van der Waals surface area (Å²) < 4.78 is 39.3. The van der Waals surface area contributed by atoms with Crippen LogP contribution in [0.5, 0.6) is 5.75 Å². The Hall–Kier alpha value is -1.85. The predicted molar refractivity (Wildman–Crippen MR) is 155 cm³/mol. The van der Waals surface area contributed by atoms with Gasteiger partial charge in [0.1, 0.15) is 19.6 Å². The lowest BCUT2D eigenvalue weighted by Crippen LogP contribution is -2.58. The highest BCUT2D eigenvalue weighted by Crippen LogP contribution is 2.41. The summed E-state index contributed by atoms with van der Waals surface area (Å²) in [7, 11) is -1.18. The molecule has 0 N–H and O–H groups in total. The van der Waals surface area contributed by atoms with Crippen LogP contribution in [0.15, 0.2) is 24.3 Å². The van der Waals surface area contributed by atoms with Crippen molar-refractivity contribution in [1.29, 1.82) is 0 Å². The Kier molecular flexibility index (Phi) is 8.91. The van der Waals surface area contributed by atoms with Crippen molar-refractivity contribution < 1.29 is 23.2 Å². The van der Waals surface area contributed by atoms with Crippen LogP contribution < -0.4 is 10.2 Å². The van der Waals surface area contributed by atoms with Crippen LogP contribution in [-0.4, -0.2) is 41.3 Å². The molecular formula is C30H44BFO4Si. The zero-order valence-corrected chi connectivity index (χ0v) is 25.5. The average molecular weight is 527 g/mol. The summed E-state index contributed by atoms with van der Waals surface area (Å²) in [6.07, 6.45) is 0. The molecule has 0 aromatic heterocycles. The van der Waals surface area contributed by atoms with Gasteiger partial charge >= 0.3 is 7.12 Å². The second kappa shape index (κ2) is 11.1. The van der Waals surface area contributed by atoms with Crippen molar-refractivity contribution in [3.63, 3.8) is 0 Å². The molecule has 0 radical (unpaired) electrons. The van der Waals surface area contributed by atoms with E-state index < -0.39 is 20.8 Å². The summed E-state index contributed by atoms with van der Waals surface area (Å²) >= 11 is 0. The van der Waals surface area contributed by atoms with Crippen LogP contribution in [-0.2, 0) is 14.0 Å². The number of fused-ring (bicyclic) bond motifs is 1. The van der Waals surface area contributed by atoms with Crippen molar-refractivity contribution in [3.05, 3.63) is 35.6 Å². The van der Waals surface area contributed by atoms with Gasteiger partial charge < -0.3 is 18.8 Å². The largest absolute Gasteiger partial charge is 0.495 e. The molecule has 0 unspecified atom stereocenters. The van der Waals surface area contributed by atoms with Gasteiger partial charge in [0.15, 0.2) is 6.79 Å². The molecular weight excluding hydrogens is 482 g/mol. The maximum Gasteiger partial charge on any atom is 0.495 e. The Morgan fingerprint density at radius 2 is 1.65 bits per heavy atom. The summed E-state index contributed by atoms with van der Waals surface area (Å²) in [6.45, 7) is 22.6. The van der Waals surface area contributed by atoms with Gasteiger partial charge in [0.05, 0.1) is 11.2 Å². The number of halogens is 1. The van der Waals surface area contributed by atoms with Crippen molar-refractivity contribution in [2.24, 2.45) is 5.41 Å². The zero-order valence-electron chi connectivity index (χ0n) is 24.5. The first-order valence-electron chi connectivity index (χ1n) is 13.4. The highest BCUT2D eigenvalue weighted by Gasteiger charge is 2.48. The van der Waals surface area contributed by atoms with Crippen molar-refractivity contribution in [3.8, 4) is 17.2 Å². The minimum atomic E-state index is -2.08. The fourth-order valence-electron chi connectivity index (χ4n) is 5.64. The average Bonchev–Trinajstić information content (AvgIpc) is 2.80. The van der Waals surface area contributed by atoms with Crippen LogP contribution in [0.2, 0.25) is 16.6 Å². The minimum Gasteiger partial charge on any atom is -0.468 e. The molecule has 0 spiro atoms. The van der Waals surface area contributed by atoms with E-state index >= 15 is 4.39 Å². The molecule has 0 amide bonds. The zero-order chi connectivity index (χ0) is 27.8. The van der Waals surface area contributed by atoms with E-state index in [9.17, 15) is 0 Å². The molecule has 1 fully saturated rings. The SMILES string of the molecule is COCOc1cc(B2OCC(C)(C)C(C)(C)O2)c2c(C#C[Si](C(C)C)(C(C)C)C(C)C)c(F)ccc2c1. The Labute approximate surface area is 224 Å². The van der Waals surface area contributed by atoms with Crippen LogP contribution in [0.4, 0.5) is 4.39 Å². The van der Waals surface area contributed by atoms with Gasteiger partial charge in [0.2, 0.25) is 0 Å². The summed E-state index contributed by atoms with van der Waals surface area (Å²) in [5, 5.41) is 1.55. The van der Waals surface area contributed by atoms with Crippen LogP contribution in [0.25, 0.3) is 10.8 Å². The second-order valence-corrected chi connectivity index (χ2v) is 18.0. The fourth-order valence-corrected chi connectivity index (χ4v) is 10.8. The van der Waals surface area contributed by atoms with E-state index in [-0.39, 0.29) is 18.0 Å². The molecule has 37 heavy (non-hydrogen) atoms.